The molecule has 4 aromatic rings. The van der Waals surface area contributed by atoms with Crippen LogP contribution in [-0.2, 0) is 13.0 Å². The molecule has 3 N–H and O–H groups in total. The van der Waals surface area contributed by atoms with Gasteiger partial charge in [-0.05, 0) is 61.4 Å². The van der Waals surface area contributed by atoms with E-state index >= 15 is 0 Å². The first-order chi connectivity index (χ1) is 20.8. The number of aliphatic hydroxyl groups is 1. The molecule has 224 valence electrons. The first kappa shape index (κ1) is 30.6. The Balaban J connectivity index is 1.20. The van der Waals surface area contributed by atoms with E-state index in [0.717, 1.165) is 39.0 Å². The molecule has 3 aromatic carbocycles. The fraction of sp³-hybridized carbons (Fsp3) is 0.303. The van der Waals surface area contributed by atoms with Crippen LogP contribution < -0.4 is 15.4 Å². The topological polar surface area (TPSA) is 104 Å². The Morgan fingerprint density at radius 3 is 2.67 bits per heavy atom. The number of rotatable bonds is 11. The molecule has 0 bridgehead atoms. The Morgan fingerprint density at radius 1 is 1.09 bits per heavy atom. The number of thioether (sulfide) groups is 1. The van der Waals surface area contributed by atoms with Crippen molar-refractivity contribution in [2.75, 3.05) is 24.1 Å². The van der Waals surface area contributed by atoms with Crippen molar-refractivity contribution in [2.24, 2.45) is 0 Å². The molecule has 0 radical (unpaired) electrons. The normalized spacial score (nSPS) is 16.0. The fourth-order valence-corrected chi connectivity index (χ4v) is 7.15. The van der Waals surface area contributed by atoms with Gasteiger partial charge in [0.15, 0.2) is 0 Å². The van der Waals surface area contributed by atoms with Crippen LogP contribution in [0.25, 0.3) is 0 Å². The number of aryl methyl sites for hydroxylation is 1. The Bertz CT molecular complexity index is 1580. The van der Waals surface area contributed by atoms with Gasteiger partial charge in [-0.15, -0.1) is 23.1 Å². The molecule has 10 heteroatoms. The Morgan fingerprint density at radius 2 is 1.88 bits per heavy atom. The van der Waals surface area contributed by atoms with Crippen LogP contribution in [0.1, 0.15) is 55.5 Å². The van der Waals surface area contributed by atoms with Gasteiger partial charge in [-0.1, -0.05) is 36.4 Å². The molecule has 0 aliphatic carbocycles. The number of ether oxygens (including phenoxy) is 1. The molecule has 1 fully saturated rings. The van der Waals surface area contributed by atoms with Crippen LogP contribution in [-0.4, -0.2) is 57.7 Å². The molecule has 1 aromatic heterocycles. The lowest BCUT2D eigenvalue weighted by atomic mass is 10.0. The number of hydrogen-bond acceptors (Lipinski definition) is 8. The molecule has 2 heterocycles. The number of methoxy groups -OCH3 is 1. The van der Waals surface area contributed by atoms with E-state index in [0.29, 0.717) is 30.0 Å². The lowest BCUT2D eigenvalue weighted by Crippen LogP contribution is -2.42. The Kier molecular flexibility index (Phi) is 10.0. The van der Waals surface area contributed by atoms with Gasteiger partial charge in [0.25, 0.3) is 11.8 Å². The van der Waals surface area contributed by atoms with Crippen molar-refractivity contribution in [1.29, 1.82) is 0 Å². The SMILES string of the molecule is COc1cccc(CNc2ccccc2C[C@@H](O)[C@H](C)NC(=O)c2cccc(C(=O)N3CSC[C@@H]3c3nc(C)cs3)c2)c1. The van der Waals surface area contributed by atoms with Crippen LogP contribution in [0.4, 0.5) is 5.69 Å². The van der Waals surface area contributed by atoms with Gasteiger partial charge in [0, 0.05) is 46.6 Å². The quantitative estimate of drug-likeness (QED) is 0.199. The standard InChI is InChI=1S/C33H36N4O4S2/c1-21-18-43-32(35-21)29-19-42-20-37(29)33(40)26-11-7-10-25(15-26)31(39)36-22(2)30(38)16-24-9-4-5-13-28(24)34-17-23-8-6-12-27(14-23)41-3/h4-15,18,22,29-30,34,38H,16-17,19-20H2,1-3H3,(H,36,39)/t22-,29+,30+/m0/s1. The molecule has 0 saturated carbocycles. The zero-order valence-corrected chi connectivity index (χ0v) is 26.1. The van der Waals surface area contributed by atoms with E-state index in [1.165, 1.54) is 0 Å². The van der Waals surface area contributed by atoms with Gasteiger partial charge in [-0.2, -0.15) is 0 Å². The summed E-state index contributed by atoms with van der Waals surface area (Å²) in [4.78, 5) is 33.1. The van der Waals surface area contributed by atoms with Crippen molar-refractivity contribution >= 4 is 40.6 Å². The maximum atomic E-state index is 13.5. The third-order valence-corrected chi connectivity index (χ3v) is 9.51. The van der Waals surface area contributed by atoms with Crippen LogP contribution >= 0.6 is 23.1 Å². The highest BCUT2D eigenvalue weighted by Gasteiger charge is 2.33. The maximum absolute atomic E-state index is 13.5. The first-order valence-corrected chi connectivity index (χ1v) is 16.2. The Hall–Kier alpha value is -3.86. The van der Waals surface area contributed by atoms with Crippen LogP contribution in [0, 0.1) is 6.92 Å². The summed E-state index contributed by atoms with van der Waals surface area (Å²) >= 11 is 3.27. The molecule has 0 spiro atoms. The van der Waals surface area contributed by atoms with Crippen molar-refractivity contribution in [3.63, 3.8) is 0 Å². The number of thiazole rings is 1. The van der Waals surface area contributed by atoms with Gasteiger partial charge < -0.3 is 25.4 Å². The van der Waals surface area contributed by atoms with E-state index in [1.807, 2.05) is 65.7 Å². The van der Waals surface area contributed by atoms with E-state index in [1.54, 1.807) is 61.4 Å². The third-order valence-electron chi connectivity index (χ3n) is 7.44. The number of carbonyl (C=O) groups excluding carboxylic acids is 2. The second-order valence-electron chi connectivity index (χ2n) is 10.6. The predicted molar refractivity (Wildman–Crippen MR) is 173 cm³/mol. The van der Waals surface area contributed by atoms with Crippen LogP contribution in [0.15, 0.2) is 78.2 Å². The summed E-state index contributed by atoms with van der Waals surface area (Å²) in [7, 11) is 1.65. The van der Waals surface area contributed by atoms with Gasteiger partial charge in [-0.25, -0.2) is 4.98 Å². The second-order valence-corrected chi connectivity index (χ2v) is 12.5. The van der Waals surface area contributed by atoms with Gasteiger partial charge in [0.2, 0.25) is 0 Å². The minimum Gasteiger partial charge on any atom is -0.497 e. The number of nitrogens with zero attached hydrogens (tertiary/aromatic N) is 2. The van der Waals surface area contributed by atoms with E-state index < -0.39 is 12.1 Å². The molecule has 8 nitrogen and oxygen atoms in total. The summed E-state index contributed by atoms with van der Waals surface area (Å²) in [6.07, 6.45) is -0.469. The molecule has 2 amide bonds. The maximum Gasteiger partial charge on any atom is 0.255 e. The highest BCUT2D eigenvalue weighted by molar-refractivity contribution is 7.99. The van der Waals surface area contributed by atoms with E-state index in [-0.39, 0.29) is 17.9 Å². The molecule has 3 atom stereocenters. The van der Waals surface area contributed by atoms with Crippen molar-refractivity contribution in [1.82, 2.24) is 15.2 Å². The fourth-order valence-electron chi connectivity index (χ4n) is 4.97. The summed E-state index contributed by atoms with van der Waals surface area (Å²) in [5.74, 6) is 1.72. The number of amides is 2. The minimum absolute atomic E-state index is 0.0725. The summed E-state index contributed by atoms with van der Waals surface area (Å²) in [5.41, 5.74) is 4.72. The lowest BCUT2D eigenvalue weighted by molar-refractivity contribution is 0.0746. The van der Waals surface area contributed by atoms with E-state index in [2.05, 4.69) is 15.6 Å². The van der Waals surface area contributed by atoms with Gasteiger partial charge in [-0.3, -0.25) is 9.59 Å². The lowest BCUT2D eigenvalue weighted by Gasteiger charge is -2.23. The summed E-state index contributed by atoms with van der Waals surface area (Å²) in [6, 6.07) is 21.9. The number of hydrogen-bond donors (Lipinski definition) is 3. The van der Waals surface area contributed by atoms with Crippen LogP contribution in [0.3, 0.4) is 0 Å². The van der Waals surface area contributed by atoms with Crippen LogP contribution in [0.2, 0.25) is 0 Å². The number of carbonyl (C=O) groups is 2. The summed E-state index contributed by atoms with van der Waals surface area (Å²) in [5, 5.41) is 20.3. The summed E-state index contributed by atoms with van der Waals surface area (Å²) < 4.78 is 5.32. The van der Waals surface area contributed by atoms with Crippen LogP contribution in [0.5, 0.6) is 5.75 Å². The first-order valence-electron chi connectivity index (χ1n) is 14.2. The monoisotopic (exact) mass is 616 g/mol. The number of benzene rings is 3. The van der Waals surface area contributed by atoms with Gasteiger partial charge in [0.1, 0.15) is 10.8 Å². The number of aromatic nitrogens is 1. The zero-order chi connectivity index (χ0) is 30.3. The second kappa shape index (κ2) is 14.1. The molecular weight excluding hydrogens is 581 g/mol. The largest absolute Gasteiger partial charge is 0.497 e. The van der Waals surface area contributed by atoms with Crippen molar-refractivity contribution in [3.8, 4) is 5.75 Å². The summed E-state index contributed by atoms with van der Waals surface area (Å²) in [6.45, 7) is 4.34. The molecule has 0 unspecified atom stereocenters. The molecule has 1 saturated heterocycles. The average Bonchev–Trinajstić information content (AvgIpc) is 3.69. The molecule has 5 rings (SSSR count). The highest BCUT2D eigenvalue weighted by Crippen LogP contribution is 2.35. The molecule has 1 aliphatic heterocycles. The van der Waals surface area contributed by atoms with Crippen molar-refractivity contribution in [2.45, 2.75) is 45.0 Å². The number of anilines is 1. The molecule has 1 aliphatic rings. The minimum atomic E-state index is -0.822. The van der Waals surface area contributed by atoms with Gasteiger partial charge in [0.05, 0.1) is 31.2 Å². The average molecular weight is 617 g/mol. The third kappa shape index (κ3) is 7.57. The molecular formula is C33H36N4O4S2. The smallest absolute Gasteiger partial charge is 0.255 e. The van der Waals surface area contributed by atoms with E-state index in [4.69, 9.17) is 4.74 Å². The van der Waals surface area contributed by atoms with Gasteiger partial charge >= 0.3 is 0 Å². The highest BCUT2D eigenvalue weighted by atomic mass is 32.2. The number of nitrogens with one attached hydrogen (secondary N) is 2. The number of aliphatic hydroxyl groups excluding tert-OH is 1. The van der Waals surface area contributed by atoms with E-state index in [9.17, 15) is 14.7 Å². The van der Waals surface area contributed by atoms with Crippen molar-refractivity contribution in [3.05, 3.63) is 111 Å². The molecule has 43 heavy (non-hydrogen) atoms. The number of para-hydroxylation sites is 1. The zero-order valence-electron chi connectivity index (χ0n) is 24.4. The van der Waals surface area contributed by atoms with Crippen molar-refractivity contribution < 1.29 is 19.4 Å². The Labute approximate surface area is 260 Å². The predicted octanol–water partition coefficient (Wildman–Crippen LogP) is 5.68.